The van der Waals surface area contributed by atoms with Crippen molar-refractivity contribution in [3.8, 4) is 11.5 Å². The van der Waals surface area contributed by atoms with Gasteiger partial charge in [0.1, 0.15) is 5.57 Å². The number of rotatable bonds is 1. The Morgan fingerprint density at radius 2 is 1.79 bits per heavy atom. The van der Waals surface area contributed by atoms with Crippen molar-refractivity contribution in [3.05, 3.63) is 74.5 Å². The fourth-order valence-corrected chi connectivity index (χ4v) is 3.56. The van der Waals surface area contributed by atoms with Crippen LogP contribution in [0.5, 0.6) is 11.5 Å². The lowest BCUT2D eigenvalue weighted by Crippen LogP contribution is -2.44. The molecule has 3 aromatic rings. The van der Waals surface area contributed by atoms with E-state index in [0.717, 1.165) is 0 Å². The van der Waals surface area contributed by atoms with Crippen molar-refractivity contribution in [1.29, 1.82) is 0 Å². The molecule has 2 aliphatic heterocycles. The molecule has 1 amide bonds. The largest absolute Gasteiger partial charge is 0.454 e. The Kier molecular flexibility index (Phi) is 3.67. The number of para-hydroxylation sites is 1. The monoisotopic (exact) mass is 389 g/mol. The second-order valence-electron chi connectivity index (χ2n) is 6.71. The second kappa shape index (κ2) is 6.23. The van der Waals surface area contributed by atoms with Crippen LogP contribution in [0.3, 0.4) is 0 Å². The van der Waals surface area contributed by atoms with E-state index < -0.39 is 17.2 Å². The lowest BCUT2D eigenvalue weighted by atomic mass is 9.95. The zero-order valence-electron chi connectivity index (χ0n) is 15.3. The zero-order valence-corrected chi connectivity index (χ0v) is 15.3. The number of carbonyl (C=O) groups is 2. The second-order valence-corrected chi connectivity index (χ2v) is 6.71. The van der Waals surface area contributed by atoms with E-state index in [2.05, 4.69) is 10.2 Å². The molecule has 144 valence electrons. The quantitative estimate of drug-likeness (QED) is 0.622. The molecule has 0 spiro atoms. The molecule has 0 fully saturated rings. The number of H-pyrrole nitrogens is 2. The Hall–Kier alpha value is -4.07. The normalized spacial score (nSPS) is 17.7. The highest BCUT2D eigenvalue weighted by Crippen LogP contribution is 2.32. The van der Waals surface area contributed by atoms with Gasteiger partial charge in [-0.15, -0.1) is 0 Å². The van der Waals surface area contributed by atoms with Gasteiger partial charge < -0.3 is 14.4 Å². The number of nitrogens with one attached hydrogen (secondary N) is 2. The van der Waals surface area contributed by atoms with Gasteiger partial charge >= 0.3 is 0 Å². The van der Waals surface area contributed by atoms with Crippen LogP contribution < -0.4 is 30.5 Å². The maximum absolute atomic E-state index is 13.1. The first-order valence-electron chi connectivity index (χ1n) is 8.89. The number of hydrogen-bond donors (Lipinski definition) is 2. The molecule has 3 heterocycles. The molecule has 2 aliphatic rings. The number of carbonyl (C=O) groups excluding carboxylic acids is 2. The van der Waals surface area contributed by atoms with Crippen LogP contribution in [0.25, 0.3) is 11.6 Å². The third kappa shape index (κ3) is 2.57. The molecule has 1 aromatic heterocycles. The molecule has 8 heteroatoms. The predicted molar refractivity (Wildman–Crippen MR) is 104 cm³/mol. The third-order valence-corrected chi connectivity index (χ3v) is 5.03. The SMILES string of the molecule is CN1C(=O)C(=c2[nH][nH]c(=O)c2=Cc2ccc3c(c2)OCO3)C(=O)c2ccccc21. The van der Waals surface area contributed by atoms with Crippen molar-refractivity contribution in [3.63, 3.8) is 0 Å². The molecule has 0 unspecified atom stereocenters. The molecule has 2 N–H and O–H groups in total. The number of anilines is 1. The summed E-state index contributed by atoms with van der Waals surface area (Å²) in [6, 6.07) is 12.1. The highest BCUT2D eigenvalue weighted by molar-refractivity contribution is 6.51. The summed E-state index contributed by atoms with van der Waals surface area (Å²) in [7, 11) is 1.60. The van der Waals surface area contributed by atoms with E-state index in [0.29, 0.717) is 28.3 Å². The zero-order chi connectivity index (χ0) is 20.1. The molecule has 0 saturated heterocycles. The standard InChI is InChI=1S/C21H15N3O5/c1-24-14-5-3-2-4-12(14)19(25)17(21(24)27)18-13(20(26)23-22-18)8-11-6-7-15-16(9-11)29-10-28-15/h2-9,22H,10H2,1H3,(H,23,26). The van der Waals surface area contributed by atoms with Gasteiger partial charge in [-0.05, 0) is 35.9 Å². The molecule has 0 aliphatic carbocycles. The fraction of sp³-hybridized carbons (Fsp3) is 0.0952. The summed E-state index contributed by atoms with van der Waals surface area (Å²) < 4.78 is 10.7. The number of nitrogens with zero attached hydrogens (tertiary/aromatic N) is 1. The molecule has 0 bridgehead atoms. The Labute approximate surface area is 163 Å². The van der Waals surface area contributed by atoms with E-state index in [1.54, 1.807) is 55.6 Å². The Morgan fingerprint density at radius 1 is 1.00 bits per heavy atom. The maximum Gasteiger partial charge on any atom is 0.271 e. The van der Waals surface area contributed by atoms with E-state index in [1.807, 2.05) is 0 Å². The molecular formula is C21H15N3O5. The van der Waals surface area contributed by atoms with E-state index >= 15 is 0 Å². The first kappa shape index (κ1) is 17.1. The van der Waals surface area contributed by atoms with Gasteiger partial charge in [0, 0.05) is 12.6 Å². The van der Waals surface area contributed by atoms with Crippen molar-refractivity contribution in [2.75, 3.05) is 18.7 Å². The van der Waals surface area contributed by atoms with Crippen LogP contribution in [-0.2, 0) is 4.79 Å². The van der Waals surface area contributed by atoms with Crippen LogP contribution in [0, 0.1) is 0 Å². The van der Waals surface area contributed by atoms with E-state index in [4.69, 9.17) is 9.47 Å². The number of ketones is 1. The average Bonchev–Trinajstić information content (AvgIpc) is 3.34. The third-order valence-electron chi connectivity index (χ3n) is 5.03. The lowest BCUT2D eigenvalue weighted by molar-refractivity contribution is -0.113. The molecule has 8 nitrogen and oxygen atoms in total. The molecular weight excluding hydrogens is 374 g/mol. The summed E-state index contributed by atoms with van der Waals surface area (Å²) in [6.07, 6.45) is 1.60. The van der Waals surface area contributed by atoms with Crippen LogP contribution in [0.1, 0.15) is 15.9 Å². The minimum atomic E-state index is -0.482. The minimum Gasteiger partial charge on any atom is -0.454 e. The minimum absolute atomic E-state index is 0.0865. The summed E-state index contributed by atoms with van der Waals surface area (Å²) in [5.74, 6) is 0.276. The molecule has 0 atom stereocenters. The number of amides is 1. The fourth-order valence-electron chi connectivity index (χ4n) is 3.56. The van der Waals surface area contributed by atoms with Crippen LogP contribution >= 0.6 is 0 Å². The molecule has 5 rings (SSSR count). The van der Waals surface area contributed by atoms with Crippen LogP contribution in [0.4, 0.5) is 5.69 Å². The Morgan fingerprint density at radius 3 is 2.66 bits per heavy atom. The van der Waals surface area contributed by atoms with Gasteiger partial charge in [-0.25, -0.2) is 0 Å². The van der Waals surface area contributed by atoms with E-state index in [-0.39, 0.29) is 22.9 Å². The number of Topliss-reactive ketones (excluding diaryl/α,β-unsaturated/α-hetero) is 1. The van der Waals surface area contributed by atoms with Crippen molar-refractivity contribution >= 4 is 29.0 Å². The predicted octanol–water partition coefficient (Wildman–Crippen LogP) is 0.270. The highest BCUT2D eigenvalue weighted by atomic mass is 16.7. The summed E-state index contributed by atoms with van der Waals surface area (Å²) in [6.45, 7) is 0.140. The number of benzene rings is 2. The van der Waals surface area contributed by atoms with Gasteiger partial charge in [-0.1, -0.05) is 18.2 Å². The van der Waals surface area contributed by atoms with Crippen LogP contribution in [0.15, 0.2) is 47.3 Å². The van der Waals surface area contributed by atoms with Crippen molar-refractivity contribution in [2.45, 2.75) is 0 Å². The van der Waals surface area contributed by atoms with Crippen LogP contribution in [0.2, 0.25) is 0 Å². The van der Waals surface area contributed by atoms with Gasteiger partial charge in [0.05, 0.1) is 16.3 Å². The van der Waals surface area contributed by atoms with Crippen molar-refractivity contribution < 1.29 is 19.1 Å². The van der Waals surface area contributed by atoms with Gasteiger partial charge in [-0.2, -0.15) is 0 Å². The van der Waals surface area contributed by atoms with Crippen molar-refractivity contribution in [2.24, 2.45) is 0 Å². The van der Waals surface area contributed by atoms with Gasteiger partial charge in [0.25, 0.3) is 11.5 Å². The molecule has 0 radical (unpaired) electrons. The average molecular weight is 389 g/mol. The number of hydrogen-bond acceptors (Lipinski definition) is 5. The first-order chi connectivity index (χ1) is 14.0. The van der Waals surface area contributed by atoms with Gasteiger partial charge in [-0.3, -0.25) is 24.6 Å². The highest BCUT2D eigenvalue weighted by Gasteiger charge is 2.33. The van der Waals surface area contributed by atoms with Gasteiger partial charge in [0.2, 0.25) is 12.6 Å². The maximum atomic E-state index is 13.1. The molecule has 2 aromatic carbocycles. The Bertz CT molecular complexity index is 1370. The van der Waals surface area contributed by atoms with Crippen molar-refractivity contribution in [1.82, 2.24) is 10.2 Å². The van der Waals surface area contributed by atoms with E-state index in [9.17, 15) is 14.4 Å². The Balaban J connectivity index is 1.76. The molecule has 29 heavy (non-hydrogen) atoms. The topological polar surface area (TPSA) is 104 Å². The summed E-state index contributed by atoms with van der Waals surface area (Å²) in [4.78, 5) is 39.9. The number of aromatic amines is 2. The van der Waals surface area contributed by atoms with Gasteiger partial charge in [0.15, 0.2) is 11.5 Å². The summed E-state index contributed by atoms with van der Waals surface area (Å²) in [5, 5.41) is 5.52. The number of ether oxygens (including phenoxy) is 2. The number of aromatic nitrogens is 2. The van der Waals surface area contributed by atoms with E-state index in [1.165, 1.54) is 4.90 Å². The smallest absolute Gasteiger partial charge is 0.271 e. The summed E-state index contributed by atoms with van der Waals surface area (Å²) >= 11 is 0. The number of fused-ring (bicyclic) bond motifs is 2. The lowest BCUT2D eigenvalue weighted by Gasteiger charge is -2.25. The summed E-state index contributed by atoms with van der Waals surface area (Å²) in [5.41, 5.74) is 1.08. The first-order valence-corrected chi connectivity index (χ1v) is 8.89. The molecule has 0 saturated carbocycles. The van der Waals surface area contributed by atoms with Crippen LogP contribution in [-0.4, -0.2) is 35.7 Å².